The van der Waals surface area contributed by atoms with Crippen molar-refractivity contribution in [3.05, 3.63) is 88.0 Å². The topological polar surface area (TPSA) is 53.9 Å². The van der Waals surface area contributed by atoms with Crippen molar-refractivity contribution in [2.45, 2.75) is 40.7 Å². The van der Waals surface area contributed by atoms with E-state index in [0.717, 1.165) is 23.4 Å². The number of carbonyl (C=O) groups excluding carboxylic acids is 1. The van der Waals surface area contributed by atoms with Crippen LogP contribution in [0.15, 0.2) is 53.5 Å². The van der Waals surface area contributed by atoms with Crippen LogP contribution in [0.3, 0.4) is 0 Å². The molecule has 0 aliphatic carbocycles. The number of fused-ring (bicyclic) bond motifs is 1. The largest absolute Gasteiger partial charge is 0.356 e. The molecule has 1 N–H and O–H groups in total. The highest BCUT2D eigenvalue weighted by molar-refractivity contribution is 5.98. The Kier molecular flexibility index (Phi) is 6.75. The highest BCUT2D eigenvalue weighted by atomic mass is 19.2. The summed E-state index contributed by atoms with van der Waals surface area (Å²) in [6.07, 6.45) is 0.298. The lowest BCUT2D eigenvalue weighted by Crippen LogP contribution is -2.32. The van der Waals surface area contributed by atoms with Crippen molar-refractivity contribution >= 4 is 28.8 Å². The third kappa shape index (κ3) is 5.15. The minimum Gasteiger partial charge on any atom is -0.356 e. The fourth-order valence-corrected chi connectivity index (χ4v) is 3.98. The number of aliphatic imine (C=N–C) groups is 1. The van der Waals surface area contributed by atoms with Gasteiger partial charge >= 0.3 is 0 Å². The summed E-state index contributed by atoms with van der Waals surface area (Å²) in [5.41, 5.74) is 6.89. The molecule has 3 aromatic carbocycles. The summed E-state index contributed by atoms with van der Waals surface area (Å²) in [4.78, 5) is 18.9. The van der Waals surface area contributed by atoms with Gasteiger partial charge in [0.2, 0.25) is 5.91 Å². The summed E-state index contributed by atoms with van der Waals surface area (Å²) in [6, 6.07) is 13.6. The van der Waals surface area contributed by atoms with Crippen LogP contribution >= 0.6 is 0 Å². The molecule has 0 unspecified atom stereocenters. The van der Waals surface area contributed by atoms with Crippen LogP contribution in [0.25, 0.3) is 0 Å². The molecular weight excluding hydrogens is 436 g/mol. The second kappa shape index (κ2) is 9.73. The fraction of sp³-hybridized carbons (Fsp3) is 0.259. The zero-order chi connectivity index (χ0) is 24.4. The molecule has 1 aliphatic heterocycles. The lowest BCUT2D eigenvalue weighted by molar-refractivity contribution is -0.115. The van der Waals surface area contributed by atoms with Gasteiger partial charge in [0.15, 0.2) is 11.6 Å². The summed E-state index contributed by atoms with van der Waals surface area (Å²) in [6.45, 7) is 8.28. The number of nitrogens with zero attached hydrogens (tertiary/aromatic N) is 2. The van der Waals surface area contributed by atoms with E-state index in [4.69, 9.17) is 4.74 Å². The predicted octanol–water partition coefficient (Wildman–Crippen LogP) is 6.12. The van der Waals surface area contributed by atoms with Gasteiger partial charge in [0.1, 0.15) is 12.6 Å². The monoisotopic (exact) mass is 463 g/mol. The first-order chi connectivity index (χ1) is 16.2. The molecule has 5 nitrogen and oxygen atoms in total. The first kappa shape index (κ1) is 23.6. The highest BCUT2D eigenvalue weighted by Crippen LogP contribution is 2.28. The summed E-state index contributed by atoms with van der Waals surface area (Å²) in [5, 5.41) is 2.94. The Hall–Kier alpha value is -3.58. The Morgan fingerprint density at radius 2 is 1.65 bits per heavy atom. The molecule has 0 fully saturated rings. The van der Waals surface area contributed by atoms with Crippen molar-refractivity contribution < 1.29 is 18.3 Å². The standard InChI is InChI=1S/C27H27F2N3O2/c1-16-9-20(10-17(2)18(16)3)11-27(33)31-22-5-7-23(8-6-22)32-15-34-14-21-12-24(28)25(29)13-26(21)30-19(32)4/h5-10,12-13H,11,14-15H2,1-4H3,(H,31,33). The number of halogens is 2. The van der Waals surface area contributed by atoms with Crippen LogP contribution in [0.2, 0.25) is 0 Å². The van der Waals surface area contributed by atoms with Crippen molar-refractivity contribution in [2.24, 2.45) is 4.99 Å². The minimum absolute atomic E-state index is 0.0893. The van der Waals surface area contributed by atoms with Gasteiger partial charge in [0.25, 0.3) is 0 Å². The quantitative estimate of drug-likeness (QED) is 0.508. The molecule has 1 aliphatic rings. The lowest BCUT2D eigenvalue weighted by atomic mass is 9.99. The van der Waals surface area contributed by atoms with E-state index in [0.29, 0.717) is 29.2 Å². The predicted molar refractivity (Wildman–Crippen MR) is 131 cm³/mol. The first-order valence-electron chi connectivity index (χ1n) is 11.1. The van der Waals surface area contributed by atoms with Gasteiger partial charge in [-0.3, -0.25) is 4.79 Å². The maximum absolute atomic E-state index is 13.7. The first-order valence-corrected chi connectivity index (χ1v) is 11.1. The molecule has 1 heterocycles. The zero-order valence-corrected chi connectivity index (χ0v) is 19.7. The van der Waals surface area contributed by atoms with E-state index in [1.807, 2.05) is 41.3 Å². The van der Waals surface area contributed by atoms with Gasteiger partial charge in [-0.25, -0.2) is 13.8 Å². The Labute approximate surface area is 198 Å². The average molecular weight is 464 g/mol. The van der Waals surface area contributed by atoms with E-state index in [2.05, 4.69) is 31.1 Å². The number of amidine groups is 1. The van der Waals surface area contributed by atoms with E-state index in [-0.39, 0.29) is 19.2 Å². The second-order valence-corrected chi connectivity index (χ2v) is 8.59. The number of hydrogen-bond donors (Lipinski definition) is 1. The molecule has 0 radical (unpaired) electrons. The van der Waals surface area contributed by atoms with E-state index in [1.54, 1.807) is 6.92 Å². The maximum Gasteiger partial charge on any atom is 0.228 e. The van der Waals surface area contributed by atoms with Crippen LogP contribution in [-0.2, 0) is 22.6 Å². The normalized spacial score (nSPS) is 13.6. The smallest absolute Gasteiger partial charge is 0.228 e. The van der Waals surface area contributed by atoms with Crippen molar-refractivity contribution in [1.29, 1.82) is 0 Å². The minimum atomic E-state index is -0.946. The van der Waals surface area contributed by atoms with Gasteiger partial charge in [-0.2, -0.15) is 0 Å². The van der Waals surface area contributed by atoms with Gasteiger partial charge in [-0.1, -0.05) is 12.1 Å². The molecule has 0 saturated carbocycles. The number of anilines is 2. The summed E-state index contributed by atoms with van der Waals surface area (Å²) in [5.74, 6) is -1.38. The Bertz CT molecular complexity index is 1250. The number of carbonyl (C=O) groups is 1. The van der Waals surface area contributed by atoms with Crippen LogP contribution in [0.1, 0.15) is 34.7 Å². The van der Waals surface area contributed by atoms with Crippen LogP contribution in [0, 0.1) is 32.4 Å². The van der Waals surface area contributed by atoms with Gasteiger partial charge in [0, 0.05) is 23.0 Å². The molecule has 3 aromatic rings. The third-order valence-corrected chi connectivity index (χ3v) is 6.09. The summed E-state index contributed by atoms with van der Waals surface area (Å²) >= 11 is 0. The van der Waals surface area contributed by atoms with Gasteiger partial charge < -0.3 is 15.0 Å². The van der Waals surface area contributed by atoms with Crippen molar-refractivity contribution in [1.82, 2.24) is 0 Å². The van der Waals surface area contributed by atoms with E-state index < -0.39 is 11.6 Å². The Balaban J connectivity index is 1.47. The Morgan fingerprint density at radius 1 is 1.00 bits per heavy atom. The summed E-state index contributed by atoms with van der Waals surface area (Å²) < 4.78 is 33.0. The number of aryl methyl sites for hydroxylation is 2. The van der Waals surface area contributed by atoms with Crippen molar-refractivity contribution in [3.63, 3.8) is 0 Å². The average Bonchev–Trinajstić information content (AvgIpc) is 2.77. The lowest BCUT2D eigenvalue weighted by Gasteiger charge is -2.26. The highest BCUT2D eigenvalue weighted by Gasteiger charge is 2.17. The van der Waals surface area contributed by atoms with E-state index in [1.165, 1.54) is 16.7 Å². The van der Waals surface area contributed by atoms with Crippen LogP contribution in [0.5, 0.6) is 0 Å². The molecule has 0 saturated heterocycles. The van der Waals surface area contributed by atoms with E-state index >= 15 is 0 Å². The van der Waals surface area contributed by atoms with Crippen LogP contribution in [0.4, 0.5) is 25.8 Å². The van der Waals surface area contributed by atoms with Crippen molar-refractivity contribution in [3.8, 4) is 0 Å². The summed E-state index contributed by atoms with van der Waals surface area (Å²) in [7, 11) is 0. The Morgan fingerprint density at radius 3 is 2.32 bits per heavy atom. The van der Waals surface area contributed by atoms with E-state index in [9.17, 15) is 13.6 Å². The van der Waals surface area contributed by atoms with Gasteiger partial charge in [0.05, 0.1) is 18.7 Å². The zero-order valence-electron chi connectivity index (χ0n) is 19.7. The molecule has 7 heteroatoms. The number of benzene rings is 3. The van der Waals surface area contributed by atoms with Gasteiger partial charge in [-0.15, -0.1) is 0 Å². The molecule has 0 aromatic heterocycles. The molecule has 0 atom stereocenters. The number of ether oxygens (including phenoxy) is 1. The number of hydrogen-bond acceptors (Lipinski definition) is 4. The molecule has 0 spiro atoms. The molecule has 4 rings (SSSR count). The number of amides is 1. The number of nitrogens with one attached hydrogen (secondary N) is 1. The molecule has 0 bridgehead atoms. The molecular formula is C27H27F2N3O2. The third-order valence-electron chi connectivity index (χ3n) is 6.09. The molecule has 1 amide bonds. The fourth-order valence-electron chi connectivity index (χ4n) is 3.98. The number of rotatable bonds is 4. The van der Waals surface area contributed by atoms with Crippen LogP contribution < -0.4 is 10.2 Å². The van der Waals surface area contributed by atoms with Crippen LogP contribution in [-0.4, -0.2) is 18.5 Å². The second-order valence-electron chi connectivity index (χ2n) is 8.59. The molecule has 34 heavy (non-hydrogen) atoms. The van der Waals surface area contributed by atoms with Crippen molar-refractivity contribution in [2.75, 3.05) is 16.9 Å². The maximum atomic E-state index is 13.7. The molecule has 176 valence electrons. The SMILES string of the molecule is CC1=Nc2cc(F)c(F)cc2COCN1c1ccc(NC(=O)Cc2cc(C)c(C)c(C)c2)cc1. The van der Waals surface area contributed by atoms with Gasteiger partial charge in [-0.05, 0) is 80.3 Å².